The van der Waals surface area contributed by atoms with Crippen molar-refractivity contribution in [2.75, 3.05) is 32.7 Å². The van der Waals surface area contributed by atoms with Crippen LogP contribution < -0.4 is 0 Å². The number of nitrogens with zero attached hydrogens (tertiary/aromatic N) is 4. The lowest BCUT2D eigenvalue weighted by Gasteiger charge is -2.34. The maximum atomic E-state index is 10.5. The van der Waals surface area contributed by atoms with Crippen LogP contribution in [-0.2, 0) is 17.9 Å². The first-order chi connectivity index (χ1) is 9.19. The number of aliphatic carboxylic acids is 1. The second kappa shape index (κ2) is 6.68. The molecule has 0 atom stereocenters. The minimum atomic E-state index is -0.714. The molecule has 0 amide bonds. The van der Waals surface area contributed by atoms with Crippen LogP contribution in [0.15, 0.2) is 12.3 Å². The van der Waals surface area contributed by atoms with Crippen molar-refractivity contribution >= 4 is 5.97 Å². The molecule has 1 N–H and O–H groups in total. The summed E-state index contributed by atoms with van der Waals surface area (Å²) in [5, 5.41) is 13.0. The normalized spacial score (nSPS) is 17.7. The molecule has 0 radical (unpaired) electrons. The molecule has 0 spiro atoms. The van der Waals surface area contributed by atoms with Gasteiger partial charge in [0.15, 0.2) is 0 Å². The van der Waals surface area contributed by atoms with Crippen molar-refractivity contribution in [2.24, 2.45) is 0 Å². The van der Waals surface area contributed by atoms with E-state index in [2.05, 4.69) is 27.9 Å². The number of aryl methyl sites for hydroxylation is 1. The molecule has 0 unspecified atom stereocenters. The Kier molecular flexibility index (Phi) is 4.93. The Balaban J connectivity index is 1.76. The highest BCUT2D eigenvalue weighted by molar-refractivity contribution is 5.66. The Morgan fingerprint density at radius 3 is 2.63 bits per heavy atom. The van der Waals surface area contributed by atoms with Crippen LogP contribution in [-0.4, -0.2) is 63.4 Å². The fourth-order valence-corrected chi connectivity index (χ4v) is 2.43. The molecule has 6 nitrogen and oxygen atoms in total. The van der Waals surface area contributed by atoms with Gasteiger partial charge in [0.25, 0.3) is 0 Å². The van der Waals surface area contributed by atoms with Gasteiger partial charge in [0.2, 0.25) is 0 Å². The summed E-state index contributed by atoms with van der Waals surface area (Å²) in [5.41, 5.74) is 1.25. The third kappa shape index (κ3) is 4.04. The summed E-state index contributed by atoms with van der Waals surface area (Å²) in [6.45, 7) is 8.49. The molecular weight excluding hydrogens is 244 g/mol. The van der Waals surface area contributed by atoms with E-state index in [1.54, 1.807) is 0 Å². The van der Waals surface area contributed by atoms with Crippen LogP contribution in [0.3, 0.4) is 0 Å². The van der Waals surface area contributed by atoms with Gasteiger partial charge in [0, 0.05) is 52.0 Å². The van der Waals surface area contributed by atoms with E-state index < -0.39 is 5.97 Å². The highest BCUT2D eigenvalue weighted by Crippen LogP contribution is 2.08. The Labute approximate surface area is 113 Å². The van der Waals surface area contributed by atoms with Gasteiger partial charge in [-0.15, -0.1) is 0 Å². The van der Waals surface area contributed by atoms with Crippen LogP contribution in [0, 0.1) is 0 Å². The summed E-state index contributed by atoms with van der Waals surface area (Å²) in [6, 6.07) is 2.07. The number of hydrogen-bond acceptors (Lipinski definition) is 4. The SMILES string of the molecule is CCn1nccc1CN1CCN(CCC(=O)O)CC1. The molecular formula is C13H22N4O2. The zero-order valence-electron chi connectivity index (χ0n) is 11.5. The van der Waals surface area contributed by atoms with E-state index in [0.29, 0.717) is 6.54 Å². The number of carboxylic acids is 1. The first kappa shape index (κ1) is 14.0. The van der Waals surface area contributed by atoms with Crippen molar-refractivity contribution < 1.29 is 9.90 Å². The average Bonchev–Trinajstić information content (AvgIpc) is 2.85. The van der Waals surface area contributed by atoms with Crippen LogP contribution in [0.5, 0.6) is 0 Å². The summed E-state index contributed by atoms with van der Waals surface area (Å²) in [4.78, 5) is 15.2. The molecule has 0 aliphatic carbocycles. The quantitative estimate of drug-likeness (QED) is 0.812. The Hall–Kier alpha value is -1.40. The van der Waals surface area contributed by atoms with Crippen molar-refractivity contribution in [2.45, 2.75) is 26.4 Å². The first-order valence-corrected chi connectivity index (χ1v) is 6.86. The van der Waals surface area contributed by atoms with Crippen molar-refractivity contribution in [3.05, 3.63) is 18.0 Å². The van der Waals surface area contributed by atoms with E-state index in [1.165, 1.54) is 5.69 Å². The van der Waals surface area contributed by atoms with Gasteiger partial charge in [-0.25, -0.2) is 0 Å². The molecule has 1 fully saturated rings. The summed E-state index contributed by atoms with van der Waals surface area (Å²) in [5.74, 6) is -0.714. The van der Waals surface area contributed by atoms with Crippen LogP contribution >= 0.6 is 0 Å². The van der Waals surface area contributed by atoms with Crippen molar-refractivity contribution in [3.8, 4) is 0 Å². The number of carboxylic acid groups (broad SMARTS) is 1. The molecule has 0 aromatic carbocycles. The number of aromatic nitrogens is 2. The van der Waals surface area contributed by atoms with Crippen LogP contribution in [0.25, 0.3) is 0 Å². The Morgan fingerprint density at radius 1 is 1.32 bits per heavy atom. The molecule has 0 saturated carbocycles. The zero-order valence-corrected chi connectivity index (χ0v) is 11.5. The Morgan fingerprint density at radius 2 is 2.00 bits per heavy atom. The van der Waals surface area contributed by atoms with Crippen molar-refractivity contribution in [3.63, 3.8) is 0 Å². The van der Waals surface area contributed by atoms with Gasteiger partial charge in [-0.05, 0) is 13.0 Å². The molecule has 1 saturated heterocycles. The molecule has 106 valence electrons. The molecule has 1 aromatic rings. The largest absolute Gasteiger partial charge is 0.481 e. The van der Waals surface area contributed by atoms with Gasteiger partial charge in [0.05, 0.1) is 12.1 Å². The lowest BCUT2D eigenvalue weighted by atomic mass is 10.2. The summed E-state index contributed by atoms with van der Waals surface area (Å²) in [6.07, 6.45) is 2.09. The predicted octanol–water partition coefficient (Wildman–Crippen LogP) is 0.495. The predicted molar refractivity (Wildman–Crippen MR) is 71.9 cm³/mol. The molecule has 1 aromatic heterocycles. The maximum absolute atomic E-state index is 10.5. The highest BCUT2D eigenvalue weighted by Gasteiger charge is 2.18. The topological polar surface area (TPSA) is 61.6 Å². The highest BCUT2D eigenvalue weighted by atomic mass is 16.4. The minimum Gasteiger partial charge on any atom is -0.481 e. The summed E-state index contributed by atoms with van der Waals surface area (Å²) >= 11 is 0. The van der Waals surface area contributed by atoms with E-state index >= 15 is 0 Å². The van der Waals surface area contributed by atoms with Crippen LogP contribution in [0.1, 0.15) is 19.0 Å². The molecule has 19 heavy (non-hydrogen) atoms. The van der Waals surface area contributed by atoms with Gasteiger partial charge in [-0.3, -0.25) is 14.4 Å². The van der Waals surface area contributed by atoms with Crippen LogP contribution in [0.4, 0.5) is 0 Å². The van der Waals surface area contributed by atoms with E-state index in [4.69, 9.17) is 5.11 Å². The lowest BCUT2D eigenvalue weighted by Crippen LogP contribution is -2.46. The number of rotatable bonds is 6. The van der Waals surface area contributed by atoms with Crippen molar-refractivity contribution in [1.82, 2.24) is 19.6 Å². The molecule has 6 heteroatoms. The first-order valence-electron chi connectivity index (χ1n) is 6.86. The third-order valence-electron chi connectivity index (χ3n) is 3.60. The number of hydrogen-bond donors (Lipinski definition) is 1. The van der Waals surface area contributed by atoms with E-state index in [1.807, 2.05) is 10.9 Å². The van der Waals surface area contributed by atoms with Gasteiger partial charge >= 0.3 is 5.97 Å². The zero-order chi connectivity index (χ0) is 13.7. The molecule has 0 bridgehead atoms. The molecule has 2 rings (SSSR count). The van der Waals surface area contributed by atoms with E-state index in [0.717, 1.165) is 39.3 Å². The monoisotopic (exact) mass is 266 g/mol. The number of piperazine rings is 1. The summed E-state index contributed by atoms with van der Waals surface area (Å²) in [7, 11) is 0. The lowest BCUT2D eigenvalue weighted by molar-refractivity contribution is -0.137. The molecule has 1 aliphatic heterocycles. The van der Waals surface area contributed by atoms with Gasteiger partial charge in [-0.2, -0.15) is 5.10 Å². The second-order valence-corrected chi connectivity index (χ2v) is 4.90. The maximum Gasteiger partial charge on any atom is 0.304 e. The van der Waals surface area contributed by atoms with Gasteiger partial charge < -0.3 is 10.0 Å². The standard InChI is InChI=1S/C13H22N4O2/c1-2-17-12(3-5-14-17)11-16-9-7-15(8-10-16)6-4-13(18)19/h3,5H,2,4,6-11H2,1H3,(H,18,19). The van der Waals surface area contributed by atoms with Crippen LogP contribution in [0.2, 0.25) is 0 Å². The second-order valence-electron chi connectivity index (χ2n) is 4.90. The van der Waals surface area contributed by atoms with Crippen molar-refractivity contribution in [1.29, 1.82) is 0 Å². The average molecular weight is 266 g/mol. The molecule has 2 heterocycles. The summed E-state index contributed by atoms with van der Waals surface area (Å²) < 4.78 is 2.02. The number of carbonyl (C=O) groups is 1. The fraction of sp³-hybridized carbons (Fsp3) is 0.692. The van der Waals surface area contributed by atoms with Gasteiger partial charge in [0.1, 0.15) is 0 Å². The fourth-order valence-electron chi connectivity index (χ4n) is 2.43. The Bertz CT molecular complexity index is 411. The third-order valence-corrected chi connectivity index (χ3v) is 3.60. The molecule has 1 aliphatic rings. The van der Waals surface area contributed by atoms with E-state index in [9.17, 15) is 4.79 Å². The minimum absolute atomic E-state index is 0.239. The van der Waals surface area contributed by atoms with Gasteiger partial charge in [-0.1, -0.05) is 0 Å². The smallest absolute Gasteiger partial charge is 0.304 e. The van der Waals surface area contributed by atoms with E-state index in [-0.39, 0.29) is 6.42 Å².